The highest BCUT2D eigenvalue weighted by Crippen LogP contribution is 2.26. The lowest BCUT2D eigenvalue weighted by atomic mass is 10.1. The Morgan fingerprint density at radius 3 is 2.38 bits per heavy atom. The summed E-state index contributed by atoms with van der Waals surface area (Å²) in [5.74, 6) is 1.35. The first-order valence-corrected chi connectivity index (χ1v) is 12.5. The molecular formula is C25H25N5O3S. The van der Waals surface area contributed by atoms with E-state index >= 15 is 0 Å². The van der Waals surface area contributed by atoms with Gasteiger partial charge in [-0.05, 0) is 42.6 Å². The van der Waals surface area contributed by atoms with Crippen LogP contribution in [0, 0.1) is 6.92 Å². The second-order valence-electron chi connectivity index (χ2n) is 8.08. The Kier molecular flexibility index (Phi) is 6.04. The largest absolute Gasteiger partial charge is 0.378 e. The number of benzene rings is 3. The highest BCUT2D eigenvalue weighted by atomic mass is 32.2. The summed E-state index contributed by atoms with van der Waals surface area (Å²) in [6.07, 6.45) is 0. The van der Waals surface area contributed by atoms with Crippen LogP contribution in [0.5, 0.6) is 0 Å². The van der Waals surface area contributed by atoms with E-state index in [0.717, 1.165) is 35.7 Å². The normalized spacial score (nSPS) is 14.2. The quantitative estimate of drug-likeness (QED) is 0.429. The molecule has 0 unspecified atom stereocenters. The Morgan fingerprint density at radius 1 is 0.882 bits per heavy atom. The number of fused-ring (bicyclic) bond motifs is 1. The lowest BCUT2D eigenvalue weighted by molar-refractivity contribution is 0.122. The zero-order valence-electron chi connectivity index (χ0n) is 18.7. The van der Waals surface area contributed by atoms with Gasteiger partial charge in [0, 0.05) is 41.6 Å². The van der Waals surface area contributed by atoms with Gasteiger partial charge in [-0.15, -0.1) is 0 Å². The van der Waals surface area contributed by atoms with Crippen LogP contribution in [0.4, 0.5) is 23.1 Å². The highest BCUT2D eigenvalue weighted by molar-refractivity contribution is 7.93. The molecule has 1 saturated heterocycles. The van der Waals surface area contributed by atoms with Gasteiger partial charge < -0.3 is 15.0 Å². The minimum absolute atomic E-state index is 0.247. The summed E-state index contributed by atoms with van der Waals surface area (Å²) in [6, 6.07) is 21.7. The summed E-state index contributed by atoms with van der Waals surface area (Å²) in [4.78, 5) is 11.5. The number of hydrogen-bond acceptors (Lipinski definition) is 7. The molecule has 2 heterocycles. The topological polar surface area (TPSA) is 96.5 Å². The van der Waals surface area contributed by atoms with E-state index in [2.05, 4.69) is 24.9 Å². The Morgan fingerprint density at radius 2 is 1.59 bits per heavy atom. The first kappa shape index (κ1) is 22.1. The van der Waals surface area contributed by atoms with E-state index in [1.807, 2.05) is 43.3 Å². The Balaban J connectivity index is 1.33. The van der Waals surface area contributed by atoms with Crippen molar-refractivity contribution in [2.75, 3.05) is 41.2 Å². The van der Waals surface area contributed by atoms with Gasteiger partial charge in [0.15, 0.2) is 0 Å². The Labute approximate surface area is 198 Å². The molecule has 2 N–H and O–H groups in total. The number of aromatic nitrogens is 2. The molecule has 0 saturated carbocycles. The predicted octanol–water partition coefficient (Wildman–Crippen LogP) is 4.32. The maximum absolute atomic E-state index is 13.1. The number of anilines is 4. The second-order valence-corrected chi connectivity index (χ2v) is 9.73. The van der Waals surface area contributed by atoms with Crippen molar-refractivity contribution in [1.29, 1.82) is 0 Å². The maximum atomic E-state index is 13.1. The third kappa shape index (κ3) is 4.80. The predicted molar refractivity (Wildman–Crippen MR) is 134 cm³/mol. The number of aryl methyl sites for hydroxylation is 1. The van der Waals surface area contributed by atoms with Gasteiger partial charge in [-0.2, -0.15) is 4.98 Å². The molecule has 5 rings (SSSR count). The molecule has 4 aromatic rings. The van der Waals surface area contributed by atoms with Crippen molar-refractivity contribution >= 4 is 43.9 Å². The van der Waals surface area contributed by atoms with Crippen LogP contribution < -0.4 is 14.9 Å². The molecule has 0 radical (unpaired) electrons. The maximum Gasteiger partial charge on any atom is 0.262 e. The molecule has 0 bridgehead atoms. The average molecular weight is 476 g/mol. The van der Waals surface area contributed by atoms with E-state index in [1.165, 1.54) is 0 Å². The van der Waals surface area contributed by atoms with Crippen LogP contribution in [0.15, 0.2) is 77.7 Å². The average Bonchev–Trinajstić information content (AvgIpc) is 2.85. The molecule has 0 aliphatic carbocycles. The number of nitrogens with zero attached hydrogens (tertiary/aromatic N) is 3. The molecule has 9 heteroatoms. The summed E-state index contributed by atoms with van der Waals surface area (Å²) >= 11 is 0. The number of ether oxygens (including phenoxy) is 1. The van der Waals surface area contributed by atoms with E-state index in [1.54, 1.807) is 36.4 Å². The standard InChI is InChI=1S/C25H25N5O3S/c1-18-17-24(30-13-15-33-16-14-30)28-25(26-18)27-20-9-11-21(12-10-20)29-34(31,32)23-8-4-6-19-5-2-3-7-22(19)23/h2-12,17,29H,13-16H2,1H3,(H,26,27,28). The first-order valence-electron chi connectivity index (χ1n) is 11.0. The monoisotopic (exact) mass is 475 g/mol. The molecule has 1 fully saturated rings. The van der Waals surface area contributed by atoms with Crippen molar-refractivity contribution < 1.29 is 13.2 Å². The smallest absolute Gasteiger partial charge is 0.262 e. The van der Waals surface area contributed by atoms with Crippen LogP contribution >= 0.6 is 0 Å². The summed E-state index contributed by atoms with van der Waals surface area (Å²) in [5, 5.41) is 4.77. The third-order valence-corrected chi connectivity index (χ3v) is 7.05. The van der Waals surface area contributed by atoms with Gasteiger partial charge in [-0.3, -0.25) is 4.72 Å². The van der Waals surface area contributed by atoms with Crippen LogP contribution in [0.25, 0.3) is 10.8 Å². The van der Waals surface area contributed by atoms with E-state index in [0.29, 0.717) is 30.2 Å². The number of rotatable bonds is 6. The first-order chi connectivity index (χ1) is 16.5. The lowest BCUT2D eigenvalue weighted by Gasteiger charge is -2.28. The van der Waals surface area contributed by atoms with E-state index in [-0.39, 0.29) is 4.90 Å². The van der Waals surface area contributed by atoms with Crippen LogP contribution in [-0.2, 0) is 14.8 Å². The van der Waals surface area contributed by atoms with Gasteiger partial charge in [0.25, 0.3) is 10.0 Å². The molecule has 174 valence electrons. The molecule has 3 aromatic carbocycles. The van der Waals surface area contributed by atoms with Crippen molar-refractivity contribution in [2.45, 2.75) is 11.8 Å². The van der Waals surface area contributed by atoms with Gasteiger partial charge in [0.1, 0.15) is 5.82 Å². The van der Waals surface area contributed by atoms with Crippen molar-refractivity contribution in [3.63, 3.8) is 0 Å². The fourth-order valence-electron chi connectivity index (χ4n) is 3.95. The minimum Gasteiger partial charge on any atom is -0.378 e. The third-order valence-electron chi connectivity index (χ3n) is 5.61. The zero-order valence-corrected chi connectivity index (χ0v) is 19.5. The minimum atomic E-state index is -3.75. The van der Waals surface area contributed by atoms with Crippen LogP contribution in [0.1, 0.15) is 5.69 Å². The van der Waals surface area contributed by atoms with E-state index < -0.39 is 10.0 Å². The molecule has 1 aromatic heterocycles. The van der Waals surface area contributed by atoms with Crippen molar-refractivity contribution in [1.82, 2.24) is 9.97 Å². The fraction of sp³-hybridized carbons (Fsp3) is 0.200. The van der Waals surface area contributed by atoms with Crippen molar-refractivity contribution in [3.05, 3.63) is 78.5 Å². The van der Waals surface area contributed by atoms with Gasteiger partial charge in [0.05, 0.1) is 18.1 Å². The molecule has 8 nitrogen and oxygen atoms in total. The van der Waals surface area contributed by atoms with Crippen LogP contribution in [0.2, 0.25) is 0 Å². The molecule has 1 aliphatic rings. The van der Waals surface area contributed by atoms with Crippen molar-refractivity contribution in [3.8, 4) is 0 Å². The summed E-state index contributed by atoms with van der Waals surface area (Å²) < 4.78 is 34.2. The lowest BCUT2D eigenvalue weighted by Crippen LogP contribution is -2.36. The number of hydrogen-bond donors (Lipinski definition) is 2. The Bertz CT molecular complexity index is 1410. The molecule has 0 spiro atoms. The SMILES string of the molecule is Cc1cc(N2CCOCC2)nc(Nc2ccc(NS(=O)(=O)c3cccc4ccccc34)cc2)n1. The molecule has 0 amide bonds. The van der Waals surface area contributed by atoms with Crippen LogP contribution in [-0.4, -0.2) is 44.7 Å². The van der Waals surface area contributed by atoms with E-state index in [4.69, 9.17) is 4.74 Å². The number of morpholine rings is 1. The Hall–Kier alpha value is -3.69. The molecule has 34 heavy (non-hydrogen) atoms. The fourth-order valence-corrected chi connectivity index (χ4v) is 5.24. The van der Waals surface area contributed by atoms with Crippen LogP contribution in [0.3, 0.4) is 0 Å². The summed E-state index contributed by atoms with van der Waals surface area (Å²) in [6.45, 7) is 4.88. The summed E-state index contributed by atoms with van der Waals surface area (Å²) in [7, 11) is -3.75. The van der Waals surface area contributed by atoms with Gasteiger partial charge in [-0.25, -0.2) is 13.4 Å². The van der Waals surface area contributed by atoms with Gasteiger partial charge in [0.2, 0.25) is 5.95 Å². The molecule has 1 aliphatic heterocycles. The zero-order chi connectivity index (χ0) is 23.5. The van der Waals surface area contributed by atoms with Gasteiger partial charge >= 0.3 is 0 Å². The highest BCUT2D eigenvalue weighted by Gasteiger charge is 2.18. The van der Waals surface area contributed by atoms with E-state index in [9.17, 15) is 8.42 Å². The van der Waals surface area contributed by atoms with Crippen molar-refractivity contribution in [2.24, 2.45) is 0 Å². The summed E-state index contributed by atoms with van der Waals surface area (Å²) in [5.41, 5.74) is 2.09. The molecule has 0 atom stereocenters. The van der Waals surface area contributed by atoms with Gasteiger partial charge in [-0.1, -0.05) is 36.4 Å². The number of sulfonamides is 1. The number of nitrogens with one attached hydrogen (secondary N) is 2. The molecular weight excluding hydrogens is 450 g/mol. The second kappa shape index (κ2) is 9.28.